The third kappa shape index (κ3) is 3.27. The molecule has 0 aliphatic carbocycles. The van der Waals surface area contributed by atoms with E-state index in [0.717, 1.165) is 18.2 Å². The molecule has 1 aromatic carbocycles. The number of alkyl halides is 1. The molecular formula is C10H10BrF2NO. The molecule has 0 fully saturated rings. The first-order chi connectivity index (χ1) is 7.04. The van der Waals surface area contributed by atoms with Gasteiger partial charge in [0, 0.05) is 6.07 Å². The molecule has 1 atom stereocenters. The van der Waals surface area contributed by atoms with Crippen LogP contribution >= 0.6 is 15.9 Å². The monoisotopic (exact) mass is 277 g/mol. The van der Waals surface area contributed by atoms with E-state index in [2.05, 4.69) is 21.2 Å². The second-order valence-electron chi connectivity index (χ2n) is 2.99. The Hall–Kier alpha value is -0.970. The van der Waals surface area contributed by atoms with Crippen LogP contribution in [0.2, 0.25) is 0 Å². The minimum absolute atomic E-state index is 0.141. The minimum Gasteiger partial charge on any atom is -0.323 e. The number of nitrogens with one attached hydrogen (secondary N) is 1. The first kappa shape index (κ1) is 12.1. The Balaban J connectivity index is 2.80. The van der Waals surface area contributed by atoms with Crippen molar-refractivity contribution in [1.29, 1.82) is 0 Å². The Morgan fingerprint density at radius 1 is 1.53 bits per heavy atom. The third-order valence-electron chi connectivity index (χ3n) is 1.83. The summed E-state index contributed by atoms with van der Waals surface area (Å²) in [5.74, 6) is -1.63. The van der Waals surface area contributed by atoms with E-state index in [1.165, 1.54) is 0 Å². The van der Waals surface area contributed by atoms with Crippen molar-refractivity contribution in [1.82, 2.24) is 0 Å². The van der Waals surface area contributed by atoms with Gasteiger partial charge in [-0.1, -0.05) is 22.9 Å². The standard InChI is InChI=1S/C10H10BrF2NO/c1-2-7(11)10(15)14-9-5-6(12)3-4-8(9)13/h3-5,7H,2H2,1H3,(H,14,15)/t7-/m0/s1. The summed E-state index contributed by atoms with van der Waals surface area (Å²) in [5.41, 5.74) is -0.141. The molecule has 0 aliphatic heterocycles. The third-order valence-corrected chi connectivity index (χ3v) is 2.89. The molecule has 82 valence electrons. The van der Waals surface area contributed by atoms with E-state index in [0.29, 0.717) is 6.42 Å². The molecule has 0 saturated carbocycles. The fourth-order valence-electron chi connectivity index (χ4n) is 0.990. The van der Waals surface area contributed by atoms with Crippen molar-refractivity contribution in [2.45, 2.75) is 18.2 Å². The molecule has 0 unspecified atom stereocenters. The van der Waals surface area contributed by atoms with Crippen LogP contribution in [0, 0.1) is 11.6 Å². The van der Waals surface area contributed by atoms with Gasteiger partial charge in [0.15, 0.2) is 0 Å². The molecule has 1 amide bonds. The summed E-state index contributed by atoms with van der Waals surface area (Å²) in [5, 5.41) is 2.30. The van der Waals surface area contributed by atoms with E-state index in [9.17, 15) is 13.6 Å². The molecule has 15 heavy (non-hydrogen) atoms. The molecule has 1 aromatic rings. The van der Waals surface area contributed by atoms with Crippen molar-refractivity contribution in [3.05, 3.63) is 29.8 Å². The molecule has 1 rings (SSSR count). The zero-order valence-electron chi connectivity index (χ0n) is 8.06. The molecule has 0 aliphatic rings. The molecule has 2 nitrogen and oxygen atoms in total. The van der Waals surface area contributed by atoms with Crippen molar-refractivity contribution in [3.8, 4) is 0 Å². The number of benzene rings is 1. The van der Waals surface area contributed by atoms with Crippen molar-refractivity contribution >= 4 is 27.5 Å². The highest BCUT2D eigenvalue weighted by Crippen LogP contribution is 2.17. The summed E-state index contributed by atoms with van der Waals surface area (Å²) in [7, 11) is 0. The number of carbonyl (C=O) groups is 1. The van der Waals surface area contributed by atoms with Crippen LogP contribution in [-0.2, 0) is 4.79 Å². The summed E-state index contributed by atoms with van der Waals surface area (Å²) in [4.78, 5) is 11.0. The summed E-state index contributed by atoms with van der Waals surface area (Å²) >= 11 is 3.11. The van der Waals surface area contributed by atoms with Crippen molar-refractivity contribution < 1.29 is 13.6 Å². The van der Waals surface area contributed by atoms with E-state index in [1.807, 2.05) is 0 Å². The van der Waals surface area contributed by atoms with Crippen molar-refractivity contribution in [3.63, 3.8) is 0 Å². The largest absolute Gasteiger partial charge is 0.323 e. The average molecular weight is 278 g/mol. The van der Waals surface area contributed by atoms with Crippen LogP contribution in [0.5, 0.6) is 0 Å². The predicted octanol–water partition coefficient (Wildman–Crippen LogP) is 3.08. The van der Waals surface area contributed by atoms with E-state index in [-0.39, 0.29) is 11.6 Å². The quantitative estimate of drug-likeness (QED) is 0.846. The Kier molecular flexibility index (Phi) is 4.20. The summed E-state index contributed by atoms with van der Waals surface area (Å²) in [6.07, 6.45) is 0.572. The SMILES string of the molecule is CC[C@H](Br)C(=O)Nc1cc(F)ccc1F. The number of carbonyl (C=O) groups excluding carboxylic acids is 1. The van der Waals surface area contributed by atoms with Crippen LogP contribution in [0.25, 0.3) is 0 Å². The maximum Gasteiger partial charge on any atom is 0.238 e. The smallest absolute Gasteiger partial charge is 0.238 e. The first-order valence-electron chi connectivity index (χ1n) is 4.44. The normalized spacial score (nSPS) is 12.3. The van der Waals surface area contributed by atoms with Gasteiger partial charge in [0.05, 0.1) is 10.5 Å². The number of rotatable bonds is 3. The molecule has 0 saturated heterocycles. The van der Waals surface area contributed by atoms with E-state index < -0.39 is 16.5 Å². The van der Waals surface area contributed by atoms with Crippen LogP contribution in [0.1, 0.15) is 13.3 Å². The van der Waals surface area contributed by atoms with Crippen molar-refractivity contribution in [2.24, 2.45) is 0 Å². The van der Waals surface area contributed by atoms with Gasteiger partial charge < -0.3 is 5.32 Å². The predicted molar refractivity (Wildman–Crippen MR) is 58.0 cm³/mol. The van der Waals surface area contributed by atoms with Crippen LogP contribution in [-0.4, -0.2) is 10.7 Å². The topological polar surface area (TPSA) is 29.1 Å². The lowest BCUT2D eigenvalue weighted by atomic mass is 10.2. The van der Waals surface area contributed by atoms with E-state index >= 15 is 0 Å². The highest BCUT2D eigenvalue weighted by atomic mass is 79.9. The minimum atomic E-state index is -0.652. The summed E-state index contributed by atoms with van der Waals surface area (Å²) in [6.45, 7) is 1.81. The molecule has 0 bridgehead atoms. The lowest BCUT2D eigenvalue weighted by Crippen LogP contribution is -2.22. The summed E-state index contributed by atoms with van der Waals surface area (Å²) < 4.78 is 25.9. The first-order valence-corrected chi connectivity index (χ1v) is 5.36. The molecule has 0 spiro atoms. The lowest BCUT2D eigenvalue weighted by molar-refractivity contribution is -0.115. The fraction of sp³-hybridized carbons (Fsp3) is 0.300. The Bertz CT molecular complexity index is 370. The van der Waals surface area contributed by atoms with Gasteiger partial charge in [-0.05, 0) is 18.6 Å². The van der Waals surface area contributed by atoms with Gasteiger partial charge in [-0.15, -0.1) is 0 Å². The number of hydrogen-bond donors (Lipinski definition) is 1. The molecule has 0 radical (unpaired) electrons. The number of halogens is 3. The van der Waals surface area contributed by atoms with Gasteiger partial charge in [-0.3, -0.25) is 4.79 Å². The van der Waals surface area contributed by atoms with Gasteiger partial charge in [-0.2, -0.15) is 0 Å². The van der Waals surface area contributed by atoms with Gasteiger partial charge in [0.2, 0.25) is 5.91 Å². The van der Waals surface area contributed by atoms with Crippen LogP contribution in [0.3, 0.4) is 0 Å². The van der Waals surface area contributed by atoms with Crippen LogP contribution in [0.15, 0.2) is 18.2 Å². The summed E-state index contributed by atoms with van der Waals surface area (Å²) in [6, 6.07) is 2.92. The number of anilines is 1. The Labute approximate surface area is 94.8 Å². The maximum absolute atomic E-state index is 13.1. The van der Waals surface area contributed by atoms with E-state index in [4.69, 9.17) is 0 Å². The average Bonchev–Trinajstić information content (AvgIpc) is 2.22. The van der Waals surface area contributed by atoms with Gasteiger partial charge in [0.25, 0.3) is 0 Å². The molecule has 5 heteroatoms. The number of amides is 1. The second kappa shape index (κ2) is 5.21. The van der Waals surface area contributed by atoms with E-state index in [1.54, 1.807) is 6.92 Å². The van der Waals surface area contributed by atoms with Gasteiger partial charge >= 0.3 is 0 Å². The van der Waals surface area contributed by atoms with Crippen LogP contribution < -0.4 is 5.32 Å². The van der Waals surface area contributed by atoms with Crippen molar-refractivity contribution in [2.75, 3.05) is 5.32 Å². The highest BCUT2D eigenvalue weighted by molar-refractivity contribution is 9.10. The Morgan fingerprint density at radius 2 is 2.20 bits per heavy atom. The zero-order valence-corrected chi connectivity index (χ0v) is 9.64. The van der Waals surface area contributed by atoms with Crippen LogP contribution in [0.4, 0.5) is 14.5 Å². The number of hydrogen-bond acceptors (Lipinski definition) is 1. The lowest BCUT2D eigenvalue weighted by Gasteiger charge is -2.09. The molecule has 1 N–H and O–H groups in total. The Morgan fingerprint density at radius 3 is 2.80 bits per heavy atom. The zero-order chi connectivity index (χ0) is 11.4. The molecule has 0 aromatic heterocycles. The van der Waals surface area contributed by atoms with Gasteiger partial charge in [0.1, 0.15) is 11.6 Å². The van der Waals surface area contributed by atoms with Gasteiger partial charge in [-0.25, -0.2) is 8.78 Å². The molecule has 0 heterocycles. The maximum atomic E-state index is 13.1. The highest BCUT2D eigenvalue weighted by Gasteiger charge is 2.14. The molecular weight excluding hydrogens is 268 g/mol. The second-order valence-corrected chi connectivity index (χ2v) is 4.09. The fourth-order valence-corrected chi connectivity index (χ4v) is 1.10.